The van der Waals surface area contributed by atoms with Gasteiger partial charge in [-0.1, -0.05) is 42.0 Å². The first-order chi connectivity index (χ1) is 12.9. The standard InChI is InChI=1S/C21H22N2O3S/c1-5-16(20(25)26-4)23-17-12-14(3)8-11-18(17)27-21(23)22-19(24)15-9-6-13(2)7-10-15/h6-12,16H,5H2,1-4H3. The number of carbonyl (C=O) groups is 2. The summed E-state index contributed by atoms with van der Waals surface area (Å²) in [4.78, 5) is 29.9. The molecule has 1 atom stereocenters. The fraction of sp³-hybridized carbons (Fsp3) is 0.286. The van der Waals surface area contributed by atoms with E-state index in [2.05, 4.69) is 4.99 Å². The minimum Gasteiger partial charge on any atom is -0.467 e. The van der Waals surface area contributed by atoms with Crippen molar-refractivity contribution in [3.05, 3.63) is 64.0 Å². The zero-order chi connectivity index (χ0) is 19.6. The van der Waals surface area contributed by atoms with Crippen LogP contribution in [0.25, 0.3) is 10.2 Å². The average molecular weight is 382 g/mol. The highest BCUT2D eigenvalue weighted by molar-refractivity contribution is 7.16. The van der Waals surface area contributed by atoms with Crippen LogP contribution in [-0.2, 0) is 9.53 Å². The Hall–Kier alpha value is -2.73. The van der Waals surface area contributed by atoms with Crippen LogP contribution in [0.3, 0.4) is 0 Å². The van der Waals surface area contributed by atoms with Crippen molar-refractivity contribution in [3.8, 4) is 0 Å². The van der Waals surface area contributed by atoms with E-state index in [-0.39, 0.29) is 11.9 Å². The second kappa shape index (κ2) is 7.88. The first-order valence-electron chi connectivity index (χ1n) is 8.79. The van der Waals surface area contributed by atoms with Crippen molar-refractivity contribution < 1.29 is 14.3 Å². The molecule has 1 unspecified atom stereocenters. The smallest absolute Gasteiger partial charge is 0.328 e. The van der Waals surface area contributed by atoms with E-state index >= 15 is 0 Å². The molecule has 1 aromatic heterocycles. The zero-order valence-corrected chi connectivity index (χ0v) is 16.7. The van der Waals surface area contributed by atoms with Crippen LogP contribution in [0, 0.1) is 13.8 Å². The minimum atomic E-state index is -0.532. The molecule has 27 heavy (non-hydrogen) atoms. The quantitative estimate of drug-likeness (QED) is 0.636. The third-order valence-electron chi connectivity index (χ3n) is 4.45. The first-order valence-corrected chi connectivity index (χ1v) is 9.61. The van der Waals surface area contributed by atoms with Crippen molar-refractivity contribution in [2.75, 3.05) is 7.11 Å². The lowest BCUT2D eigenvalue weighted by molar-refractivity contribution is -0.144. The Morgan fingerprint density at radius 3 is 2.41 bits per heavy atom. The van der Waals surface area contributed by atoms with E-state index in [0.29, 0.717) is 16.8 Å². The Kier molecular flexibility index (Phi) is 5.56. The van der Waals surface area contributed by atoms with Crippen molar-refractivity contribution in [2.24, 2.45) is 4.99 Å². The van der Waals surface area contributed by atoms with Gasteiger partial charge in [-0.25, -0.2) is 4.79 Å². The van der Waals surface area contributed by atoms with Gasteiger partial charge >= 0.3 is 5.97 Å². The van der Waals surface area contributed by atoms with E-state index < -0.39 is 6.04 Å². The maximum Gasteiger partial charge on any atom is 0.328 e. The lowest BCUT2D eigenvalue weighted by Gasteiger charge is -2.15. The number of nitrogens with zero attached hydrogens (tertiary/aromatic N) is 2. The van der Waals surface area contributed by atoms with Gasteiger partial charge in [-0.3, -0.25) is 4.79 Å². The second-order valence-electron chi connectivity index (χ2n) is 6.46. The molecule has 1 heterocycles. The number of thiazole rings is 1. The van der Waals surface area contributed by atoms with Crippen LogP contribution >= 0.6 is 11.3 Å². The number of ether oxygens (including phenoxy) is 1. The summed E-state index contributed by atoms with van der Waals surface area (Å²) in [6.45, 7) is 5.88. The third-order valence-corrected chi connectivity index (χ3v) is 5.48. The van der Waals surface area contributed by atoms with E-state index in [0.717, 1.165) is 21.3 Å². The molecule has 0 aliphatic heterocycles. The molecule has 2 aromatic carbocycles. The van der Waals surface area contributed by atoms with Gasteiger partial charge in [0.2, 0.25) is 0 Å². The van der Waals surface area contributed by atoms with Crippen LogP contribution in [0.15, 0.2) is 47.5 Å². The summed E-state index contributed by atoms with van der Waals surface area (Å²) in [6.07, 6.45) is 0.540. The molecule has 0 aliphatic carbocycles. The predicted molar refractivity (Wildman–Crippen MR) is 107 cm³/mol. The normalized spacial score (nSPS) is 13.0. The molecule has 0 N–H and O–H groups in total. The monoisotopic (exact) mass is 382 g/mol. The Morgan fingerprint density at radius 1 is 1.11 bits per heavy atom. The summed E-state index contributed by atoms with van der Waals surface area (Å²) in [5.74, 6) is -0.672. The number of esters is 1. The van der Waals surface area contributed by atoms with Crippen LogP contribution in [0.2, 0.25) is 0 Å². The third kappa shape index (κ3) is 3.85. The summed E-state index contributed by atoms with van der Waals surface area (Å²) < 4.78 is 7.78. The highest BCUT2D eigenvalue weighted by Gasteiger charge is 2.23. The number of aromatic nitrogens is 1. The summed E-state index contributed by atoms with van der Waals surface area (Å²) >= 11 is 1.40. The number of hydrogen-bond acceptors (Lipinski definition) is 4. The molecule has 0 aliphatic rings. The Labute approximate surface area is 161 Å². The van der Waals surface area contributed by atoms with Gasteiger partial charge in [-0.05, 0) is 50.1 Å². The number of methoxy groups -OCH3 is 1. The van der Waals surface area contributed by atoms with Crippen LogP contribution in [0.5, 0.6) is 0 Å². The van der Waals surface area contributed by atoms with Crippen molar-refractivity contribution in [1.82, 2.24) is 4.57 Å². The lowest BCUT2D eigenvalue weighted by Crippen LogP contribution is -2.28. The number of rotatable bonds is 4. The lowest BCUT2D eigenvalue weighted by atomic mass is 10.1. The van der Waals surface area contributed by atoms with E-state index in [1.54, 1.807) is 12.1 Å². The SMILES string of the molecule is CCC(C(=O)OC)n1c(=NC(=O)c2ccc(C)cc2)sc2ccc(C)cc21. The fourth-order valence-corrected chi connectivity index (χ4v) is 4.02. The van der Waals surface area contributed by atoms with Crippen molar-refractivity contribution in [3.63, 3.8) is 0 Å². The minimum absolute atomic E-state index is 0.327. The molecule has 0 saturated carbocycles. The Morgan fingerprint density at radius 2 is 1.78 bits per heavy atom. The van der Waals surface area contributed by atoms with Gasteiger partial charge in [0.25, 0.3) is 5.91 Å². The van der Waals surface area contributed by atoms with E-state index in [1.807, 2.05) is 55.7 Å². The molecule has 0 radical (unpaired) electrons. The summed E-state index contributed by atoms with van der Waals surface area (Å²) in [6, 6.07) is 12.8. The Balaban J connectivity index is 2.22. The van der Waals surface area contributed by atoms with Gasteiger partial charge in [0, 0.05) is 5.56 Å². The molecule has 140 valence electrons. The topological polar surface area (TPSA) is 60.7 Å². The van der Waals surface area contributed by atoms with E-state index in [1.165, 1.54) is 18.4 Å². The number of aryl methyl sites for hydroxylation is 2. The van der Waals surface area contributed by atoms with E-state index in [4.69, 9.17) is 4.74 Å². The van der Waals surface area contributed by atoms with Crippen LogP contribution in [-0.4, -0.2) is 23.6 Å². The maximum atomic E-state index is 12.7. The number of hydrogen-bond donors (Lipinski definition) is 0. The summed E-state index contributed by atoms with van der Waals surface area (Å²) in [5, 5.41) is 0. The molecule has 0 saturated heterocycles. The molecule has 5 nitrogen and oxygen atoms in total. The van der Waals surface area contributed by atoms with Crippen LogP contribution in [0.1, 0.15) is 40.9 Å². The number of benzene rings is 2. The zero-order valence-electron chi connectivity index (χ0n) is 15.9. The number of carbonyl (C=O) groups excluding carboxylic acids is 2. The highest BCUT2D eigenvalue weighted by Crippen LogP contribution is 2.24. The molecular weight excluding hydrogens is 360 g/mol. The predicted octanol–water partition coefficient (Wildman–Crippen LogP) is 4.18. The van der Waals surface area contributed by atoms with Crippen molar-refractivity contribution >= 4 is 33.4 Å². The maximum absolute atomic E-state index is 12.7. The molecule has 0 bridgehead atoms. The van der Waals surface area contributed by atoms with Gasteiger partial charge in [0.1, 0.15) is 6.04 Å². The van der Waals surface area contributed by atoms with Crippen molar-refractivity contribution in [2.45, 2.75) is 33.2 Å². The van der Waals surface area contributed by atoms with E-state index in [9.17, 15) is 9.59 Å². The molecular formula is C21H22N2O3S. The number of fused-ring (bicyclic) bond motifs is 1. The first kappa shape index (κ1) is 19.0. The molecule has 0 spiro atoms. The molecule has 3 rings (SSSR count). The average Bonchev–Trinajstić information content (AvgIpc) is 3.00. The second-order valence-corrected chi connectivity index (χ2v) is 7.47. The van der Waals surface area contributed by atoms with Gasteiger partial charge in [0.05, 0.1) is 17.3 Å². The fourth-order valence-electron chi connectivity index (χ4n) is 2.97. The Bertz CT molecular complexity index is 1060. The molecule has 6 heteroatoms. The molecule has 1 amide bonds. The van der Waals surface area contributed by atoms with Crippen LogP contribution in [0.4, 0.5) is 0 Å². The summed E-state index contributed by atoms with van der Waals surface area (Å²) in [5.41, 5.74) is 3.56. The van der Waals surface area contributed by atoms with Gasteiger partial charge < -0.3 is 9.30 Å². The highest BCUT2D eigenvalue weighted by atomic mass is 32.1. The number of amides is 1. The summed E-state index contributed by atoms with van der Waals surface area (Å²) in [7, 11) is 1.37. The van der Waals surface area contributed by atoms with Gasteiger partial charge in [-0.15, -0.1) is 0 Å². The van der Waals surface area contributed by atoms with Crippen LogP contribution < -0.4 is 4.80 Å². The van der Waals surface area contributed by atoms with Crippen molar-refractivity contribution in [1.29, 1.82) is 0 Å². The van der Waals surface area contributed by atoms with Gasteiger partial charge in [-0.2, -0.15) is 4.99 Å². The van der Waals surface area contributed by atoms with Gasteiger partial charge in [0.15, 0.2) is 4.80 Å². The molecule has 3 aromatic rings. The molecule has 0 fully saturated rings. The largest absolute Gasteiger partial charge is 0.467 e.